The van der Waals surface area contributed by atoms with E-state index in [9.17, 15) is 4.79 Å². The molecule has 0 saturated carbocycles. The van der Waals surface area contributed by atoms with Gasteiger partial charge in [-0.25, -0.2) is 4.98 Å². The number of nitrogens with zero attached hydrogens (tertiary/aromatic N) is 2. The zero-order valence-electron chi connectivity index (χ0n) is 13.2. The van der Waals surface area contributed by atoms with Crippen molar-refractivity contribution in [1.82, 2.24) is 4.98 Å². The number of anilines is 1. The molecule has 0 saturated heterocycles. The highest BCUT2D eigenvalue weighted by molar-refractivity contribution is 5.85. The fourth-order valence-electron chi connectivity index (χ4n) is 3.14. The van der Waals surface area contributed by atoms with Crippen molar-refractivity contribution in [3.8, 4) is 0 Å². The third-order valence-corrected chi connectivity index (χ3v) is 4.45. The molecule has 0 bridgehead atoms. The van der Waals surface area contributed by atoms with Crippen molar-refractivity contribution in [2.75, 3.05) is 4.90 Å². The van der Waals surface area contributed by atoms with E-state index >= 15 is 0 Å². The lowest BCUT2D eigenvalue weighted by Crippen LogP contribution is -2.41. The Morgan fingerprint density at radius 3 is 2.77 bits per heavy atom. The van der Waals surface area contributed by atoms with Crippen LogP contribution in [0.1, 0.15) is 42.2 Å². The Labute approximate surface area is 130 Å². The molecule has 3 rings (SSSR count). The van der Waals surface area contributed by atoms with Crippen LogP contribution in [0.5, 0.6) is 0 Å². The summed E-state index contributed by atoms with van der Waals surface area (Å²) in [6.07, 6.45) is 0.713. The monoisotopic (exact) mass is 299 g/mol. The van der Waals surface area contributed by atoms with Crippen molar-refractivity contribution >= 4 is 11.6 Å². The summed E-state index contributed by atoms with van der Waals surface area (Å²) in [7, 11) is 0. The van der Waals surface area contributed by atoms with E-state index in [0.29, 0.717) is 18.9 Å². The third kappa shape index (κ3) is 2.47. The van der Waals surface area contributed by atoms with E-state index in [1.54, 1.807) is 0 Å². The van der Waals surface area contributed by atoms with Crippen molar-refractivity contribution < 1.29 is 9.21 Å². The first kappa shape index (κ1) is 14.6. The Bertz CT molecular complexity index is 688. The van der Waals surface area contributed by atoms with Gasteiger partial charge in [0.2, 0.25) is 11.8 Å². The number of aryl methyl sites for hydroxylation is 2. The minimum absolute atomic E-state index is 0.194. The number of fused-ring (bicyclic) bond motifs is 1. The molecule has 2 N–H and O–H groups in total. The number of oxazole rings is 1. The normalized spacial score (nSPS) is 20.8. The molecule has 1 aromatic carbocycles. The number of hydrogen-bond donors (Lipinski definition) is 1. The Kier molecular flexibility index (Phi) is 3.64. The first-order valence-electron chi connectivity index (χ1n) is 7.55. The maximum absolute atomic E-state index is 11.7. The number of rotatable bonds is 3. The topological polar surface area (TPSA) is 72.4 Å². The maximum atomic E-state index is 11.7. The van der Waals surface area contributed by atoms with Crippen molar-refractivity contribution in [3.05, 3.63) is 47.2 Å². The molecule has 2 aromatic rings. The highest BCUT2D eigenvalue weighted by Crippen LogP contribution is 2.38. The molecule has 2 heterocycles. The molecule has 0 spiro atoms. The van der Waals surface area contributed by atoms with Crippen LogP contribution in [0.25, 0.3) is 0 Å². The van der Waals surface area contributed by atoms with Gasteiger partial charge in [-0.15, -0.1) is 0 Å². The van der Waals surface area contributed by atoms with Gasteiger partial charge in [0.25, 0.3) is 0 Å². The number of carbonyl (C=O) groups excluding carboxylic acids is 1. The van der Waals surface area contributed by atoms with Gasteiger partial charge in [0, 0.05) is 11.7 Å². The Balaban J connectivity index is 1.97. The number of hydrogen-bond acceptors (Lipinski definition) is 4. The van der Waals surface area contributed by atoms with Crippen LogP contribution < -0.4 is 10.6 Å². The van der Waals surface area contributed by atoms with Crippen LogP contribution in [0.3, 0.4) is 0 Å². The second-order valence-electron chi connectivity index (χ2n) is 5.98. The van der Waals surface area contributed by atoms with Crippen LogP contribution in [0.4, 0.5) is 5.69 Å². The number of aromatic nitrogens is 1. The molecule has 0 unspecified atom stereocenters. The summed E-state index contributed by atoms with van der Waals surface area (Å²) in [6, 6.07) is 8.13. The van der Waals surface area contributed by atoms with E-state index in [1.807, 2.05) is 38.1 Å². The van der Waals surface area contributed by atoms with Crippen LogP contribution in [0.15, 0.2) is 28.7 Å². The average Bonchev–Trinajstić information content (AvgIpc) is 2.80. The summed E-state index contributed by atoms with van der Waals surface area (Å²) < 4.78 is 5.71. The van der Waals surface area contributed by atoms with Gasteiger partial charge in [-0.05, 0) is 38.8 Å². The number of nitrogens with two attached hydrogens (primary N) is 1. The highest BCUT2D eigenvalue weighted by atomic mass is 16.4. The summed E-state index contributed by atoms with van der Waals surface area (Å²) in [5.74, 6) is 1.06. The van der Waals surface area contributed by atoms with Crippen molar-refractivity contribution in [2.45, 2.75) is 45.7 Å². The van der Waals surface area contributed by atoms with Gasteiger partial charge >= 0.3 is 0 Å². The molecule has 116 valence electrons. The summed E-state index contributed by atoms with van der Waals surface area (Å²) in [6.45, 7) is 6.56. The third-order valence-electron chi connectivity index (χ3n) is 4.45. The Hall–Kier alpha value is -2.30. The van der Waals surface area contributed by atoms with Gasteiger partial charge in [-0.3, -0.25) is 4.79 Å². The first-order valence-corrected chi connectivity index (χ1v) is 7.55. The molecule has 0 radical (unpaired) electrons. The van der Waals surface area contributed by atoms with Crippen molar-refractivity contribution in [2.24, 2.45) is 5.73 Å². The number of primary amides is 1. The molecule has 5 nitrogen and oxygen atoms in total. The van der Waals surface area contributed by atoms with Gasteiger partial charge in [-0.1, -0.05) is 18.2 Å². The van der Waals surface area contributed by atoms with Crippen LogP contribution in [0.2, 0.25) is 0 Å². The second-order valence-corrected chi connectivity index (χ2v) is 5.98. The number of benzene rings is 1. The maximum Gasteiger partial charge on any atom is 0.225 e. The summed E-state index contributed by atoms with van der Waals surface area (Å²) in [4.78, 5) is 18.4. The van der Waals surface area contributed by atoms with Crippen molar-refractivity contribution in [1.29, 1.82) is 0 Å². The van der Waals surface area contributed by atoms with E-state index in [-0.39, 0.29) is 17.9 Å². The lowest BCUT2D eigenvalue weighted by Gasteiger charge is -2.39. The van der Waals surface area contributed by atoms with E-state index in [2.05, 4.69) is 16.8 Å². The van der Waals surface area contributed by atoms with Crippen LogP contribution >= 0.6 is 0 Å². The molecule has 5 heteroatoms. The van der Waals surface area contributed by atoms with E-state index in [0.717, 1.165) is 22.7 Å². The van der Waals surface area contributed by atoms with Gasteiger partial charge < -0.3 is 15.1 Å². The molecular formula is C17H21N3O2. The van der Waals surface area contributed by atoms with Gasteiger partial charge in [-0.2, -0.15) is 0 Å². The average molecular weight is 299 g/mol. The molecule has 22 heavy (non-hydrogen) atoms. The van der Waals surface area contributed by atoms with Gasteiger partial charge in [0.05, 0.1) is 18.2 Å². The minimum Gasteiger partial charge on any atom is -0.444 e. The molecule has 1 aliphatic rings. The number of amides is 1. The van der Waals surface area contributed by atoms with E-state index < -0.39 is 0 Å². The number of para-hydroxylation sites is 1. The predicted molar refractivity (Wildman–Crippen MR) is 84.6 cm³/mol. The number of carbonyl (C=O) groups is 1. The quantitative estimate of drug-likeness (QED) is 0.945. The predicted octanol–water partition coefficient (Wildman–Crippen LogP) is 2.66. The molecule has 1 aliphatic heterocycles. The fourth-order valence-corrected chi connectivity index (χ4v) is 3.14. The Morgan fingerprint density at radius 2 is 2.14 bits per heavy atom. The molecular weight excluding hydrogens is 278 g/mol. The highest BCUT2D eigenvalue weighted by Gasteiger charge is 2.33. The molecule has 2 atom stereocenters. The zero-order valence-corrected chi connectivity index (χ0v) is 13.2. The molecule has 0 fully saturated rings. The molecule has 1 aromatic heterocycles. The SMILES string of the molecule is Cc1nc(CN2c3ccccc3[C@@H](C(N)=O)C[C@@H]2C)oc1C. The van der Waals surface area contributed by atoms with Crippen LogP contribution in [-0.4, -0.2) is 16.9 Å². The summed E-state index contributed by atoms with van der Waals surface area (Å²) in [5.41, 5.74) is 8.53. The van der Waals surface area contributed by atoms with E-state index in [4.69, 9.17) is 10.2 Å². The lowest BCUT2D eigenvalue weighted by molar-refractivity contribution is -0.119. The smallest absolute Gasteiger partial charge is 0.225 e. The van der Waals surface area contributed by atoms with Gasteiger partial charge in [0.15, 0.2) is 0 Å². The lowest BCUT2D eigenvalue weighted by atomic mass is 9.85. The first-order chi connectivity index (χ1) is 10.5. The van der Waals surface area contributed by atoms with Gasteiger partial charge in [0.1, 0.15) is 5.76 Å². The zero-order chi connectivity index (χ0) is 15.9. The summed E-state index contributed by atoms with van der Waals surface area (Å²) in [5, 5.41) is 0. The minimum atomic E-state index is -0.262. The van der Waals surface area contributed by atoms with Crippen LogP contribution in [0, 0.1) is 13.8 Å². The summed E-state index contributed by atoms with van der Waals surface area (Å²) >= 11 is 0. The standard InChI is InChI=1S/C17H21N3O2/c1-10-8-14(17(18)21)13-6-4-5-7-15(13)20(10)9-16-19-11(2)12(3)22-16/h4-7,10,14H,8-9H2,1-3H3,(H2,18,21)/t10-,14-/m0/s1. The van der Waals surface area contributed by atoms with Crippen molar-refractivity contribution in [3.63, 3.8) is 0 Å². The Morgan fingerprint density at radius 1 is 1.41 bits per heavy atom. The fraction of sp³-hybridized carbons (Fsp3) is 0.412. The largest absolute Gasteiger partial charge is 0.444 e. The molecule has 0 aliphatic carbocycles. The second kappa shape index (κ2) is 5.48. The molecule has 1 amide bonds. The van der Waals surface area contributed by atoms with Crippen LogP contribution in [-0.2, 0) is 11.3 Å². The van der Waals surface area contributed by atoms with E-state index in [1.165, 1.54) is 0 Å².